The Morgan fingerprint density at radius 1 is 0.974 bits per heavy atom. The lowest BCUT2D eigenvalue weighted by atomic mass is 9.85. The summed E-state index contributed by atoms with van der Waals surface area (Å²) < 4.78 is 11.8. The first-order valence-corrected chi connectivity index (χ1v) is 13.2. The topological polar surface area (TPSA) is 104 Å². The number of esters is 1. The number of hydrogen-bond donors (Lipinski definition) is 2. The summed E-state index contributed by atoms with van der Waals surface area (Å²) in [5.74, 6) is -1.12. The van der Waals surface area contributed by atoms with Gasteiger partial charge >= 0.3 is 11.9 Å². The van der Waals surface area contributed by atoms with E-state index in [9.17, 15) is 14.7 Å². The summed E-state index contributed by atoms with van der Waals surface area (Å²) in [7, 11) is 0. The van der Waals surface area contributed by atoms with Gasteiger partial charge in [0.25, 0.3) is 0 Å². The van der Waals surface area contributed by atoms with Crippen molar-refractivity contribution in [1.29, 1.82) is 5.41 Å². The molecule has 1 heterocycles. The average Bonchev–Trinajstić information content (AvgIpc) is 2.91. The molecule has 2 aliphatic rings. The number of nitrogens with zero attached hydrogens (tertiary/aromatic N) is 1. The van der Waals surface area contributed by atoms with Crippen LogP contribution in [0.3, 0.4) is 0 Å². The number of fused-ring (bicyclic) bond motifs is 2. The van der Waals surface area contributed by atoms with Crippen LogP contribution >= 0.6 is 0 Å². The van der Waals surface area contributed by atoms with Crippen LogP contribution in [0.15, 0.2) is 59.0 Å². The first kappa shape index (κ1) is 27.6. The first-order valence-electron chi connectivity index (χ1n) is 13.2. The van der Waals surface area contributed by atoms with Crippen molar-refractivity contribution >= 4 is 28.6 Å². The van der Waals surface area contributed by atoms with E-state index in [2.05, 4.69) is 25.3 Å². The lowest BCUT2D eigenvalue weighted by Gasteiger charge is -2.24. The molecule has 2 aromatic carbocycles. The van der Waals surface area contributed by atoms with Gasteiger partial charge in [0.05, 0.1) is 10.9 Å². The molecule has 0 saturated heterocycles. The molecule has 0 atom stereocenters. The molecule has 0 amide bonds. The molecule has 1 aliphatic carbocycles. The maximum atomic E-state index is 12.6. The summed E-state index contributed by atoms with van der Waals surface area (Å²) in [6.45, 7) is 15.0. The van der Waals surface area contributed by atoms with Crippen molar-refractivity contribution in [2.45, 2.75) is 47.5 Å². The second-order valence-electron chi connectivity index (χ2n) is 9.47. The van der Waals surface area contributed by atoms with Gasteiger partial charge in [-0.05, 0) is 80.6 Å². The van der Waals surface area contributed by atoms with E-state index in [1.165, 1.54) is 13.0 Å². The summed E-state index contributed by atoms with van der Waals surface area (Å²) in [5, 5.41) is 20.1. The van der Waals surface area contributed by atoms with Crippen LogP contribution in [0.4, 0.5) is 5.69 Å². The van der Waals surface area contributed by atoms with Gasteiger partial charge in [0.1, 0.15) is 17.1 Å². The predicted octanol–water partition coefficient (Wildman–Crippen LogP) is 6.83. The third-order valence-corrected chi connectivity index (χ3v) is 7.10. The average molecular weight is 527 g/mol. The minimum atomic E-state index is -1.15. The van der Waals surface area contributed by atoms with Crippen LogP contribution in [0.1, 0.15) is 56.1 Å². The predicted molar refractivity (Wildman–Crippen MR) is 154 cm³/mol. The maximum Gasteiger partial charge on any atom is 0.338 e. The van der Waals surface area contributed by atoms with E-state index in [0.29, 0.717) is 35.1 Å². The normalized spacial score (nSPS) is 11.1. The van der Waals surface area contributed by atoms with Gasteiger partial charge in [-0.25, -0.2) is 9.59 Å². The third-order valence-electron chi connectivity index (χ3n) is 7.10. The minimum absolute atomic E-state index is 0.00122. The molecule has 39 heavy (non-hydrogen) atoms. The lowest BCUT2D eigenvalue weighted by molar-refractivity contribution is -0.130. The highest BCUT2D eigenvalue weighted by atomic mass is 16.5. The summed E-state index contributed by atoms with van der Waals surface area (Å²) in [4.78, 5) is 26.9. The molecule has 0 saturated carbocycles. The molecule has 2 aromatic rings. The van der Waals surface area contributed by atoms with Gasteiger partial charge in [-0.2, -0.15) is 0 Å². The zero-order chi connectivity index (χ0) is 28.4. The molecule has 0 spiro atoms. The van der Waals surface area contributed by atoms with Crippen LogP contribution in [0.2, 0.25) is 0 Å². The largest absolute Gasteiger partial charge is 0.478 e. The Kier molecular flexibility index (Phi) is 7.90. The van der Waals surface area contributed by atoms with Crippen molar-refractivity contribution in [3.05, 3.63) is 76.7 Å². The van der Waals surface area contributed by atoms with Crippen LogP contribution in [0.25, 0.3) is 33.4 Å². The molecule has 7 nitrogen and oxygen atoms in total. The molecular weight excluding hydrogens is 492 g/mol. The van der Waals surface area contributed by atoms with Crippen molar-refractivity contribution in [1.82, 2.24) is 0 Å². The molecule has 0 bridgehead atoms. The number of anilines is 1. The number of aromatic carboxylic acids is 1. The number of rotatable bonds is 9. The van der Waals surface area contributed by atoms with Gasteiger partial charge in [-0.15, -0.1) is 0 Å². The number of nitrogens with one attached hydrogen (secondary N) is 1. The molecule has 7 heteroatoms. The van der Waals surface area contributed by atoms with E-state index in [-0.39, 0.29) is 16.9 Å². The number of carboxylic acids is 1. The number of hydrogen-bond acceptors (Lipinski definition) is 6. The molecular formula is C32H34N2O5. The standard InChI is InChI=1S/C32H34N2O5/c1-7-21-22(8-2)30-28(17-26(21)33)39-27-15-19(34(9-3)10-4)11-13-24(27)29(30)23-14-12-20(16-25(23)31(35)36)38-32(37)18(5)6/h11-17,33H,5,7-10H2,1-4,6H3,(H,35,36). The van der Waals surface area contributed by atoms with E-state index in [1.54, 1.807) is 18.2 Å². The Morgan fingerprint density at radius 2 is 1.67 bits per heavy atom. The Labute approximate surface area is 228 Å². The summed E-state index contributed by atoms with van der Waals surface area (Å²) >= 11 is 0. The Bertz CT molecular complexity index is 1630. The fraction of sp³-hybridized carbons (Fsp3) is 0.281. The van der Waals surface area contributed by atoms with Crippen LogP contribution in [-0.4, -0.2) is 30.1 Å². The van der Waals surface area contributed by atoms with E-state index >= 15 is 0 Å². The molecule has 4 rings (SSSR count). The quantitative estimate of drug-likeness (QED) is 0.107. The molecule has 0 fully saturated rings. The highest BCUT2D eigenvalue weighted by Crippen LogP contribution is 2.45. The minimum Gasteiger partial charge on any atom is -0.478 e. The molecule has 0 unspecified atom stereocenters. The van der Waals surface area contributed by atoms with E-state index < -0.39 is 11.9 Å². The van der Waals surface area contributed by atoms with E-state index in [1.807, 2.05) is 32.0 Å². The monoisotopic (exact) mass is 526 g/mol. The second kappa shape index (κ2) is 11.2. The van der Waals surface area contributed by atoms with Crippen molar-refractivity contribution in [2.24, 2.45) is 0 Å². The number of carbonyl (C=O) groups excluding carboxylic acids is 1. The number of ether oxygens (including phenoxy) is 1. The maximum absolute atomic E-state index is 12.6. The molecule has 202 valence electrons. The zero-order valence-corrected chi connectivity index (χ0v) is 23.1. The summed E-state index contributed by atoms with van der Waals surface area (Å²) in [6.07, 6.45) is 1.31. The summed E-state index contributed by atoms with van der Waals surface area (Å²) in [5.41, 5.74) is 5.67. The van der Waals surface area contributed by atoms with Crippen LogP contribution in [0, 0.1) is 5.41 Å². The fourth-order valence-electron chi connectivity index (χ4n) is 5.20. The Balaban J connectivity index is 2.14. The fourth-order valence-corrected chi connectivity index (χ4v) is 5.20. The first-order chi connectivity index (χ1) is 18.6. The smallest absolute Gasteiger partial charge is 0.338 e. The van der Waals surface area contributed by atoms with Crippen LogP contribution in [0.5, 0.6) is 5.75 Å². The van der Waals surface area contributed by atoms with Crippen molar-refractivity contribution < 1.29 is 23.8 Å². The lowest BCUT2D eigenvalue weighted by Crippen LogP contribution is -2.21. The van der Waals surface area contributed by atoms with Gasteiger partial charge in [-0.3, -0.25) is 0 Å². The van der Waals surface area contributed by atoms with Gasteiger partial charge in [0.15, 0.2) is 0 Å². The number of benzene rings is 3. The van der Waals surface area contributed by atoms with Gasteiger partial charge in [0.2, 0.25) is 0 Å². The van der Waals surface area contributed by atoms with Gasteiger partial charge in [-0.1, -0.05) is 20.4 Å². The summed E-state index contributed by atoms with van der Waals surface area (Å²) in [6, 6.07) is 12.3. The van der Waals surface area contributed by atoms with Crippen LogP contribution < -0.4 is 15.0 Å². The van der Waals surface area contributed by atoms with Crippen molar-refractivity contribution in [3.63, 3.8) is 0 Å². The van der Waals surface area contributed by atoms with Crippen LogP contribution in [-0.2, 0) is 17.6 Å². The van der Waals surface area contributed by atoms with E-state index in [4.69, 9.17) is 14.6 Å². The highest BCUT2D eigenvalue weighted by molar-refractivity contribution is 6.09. The second-order valence-corrected chi connectivity index (χ2v) is 9.47. The molecule has 1 aliphatic heterocycles. The molecule has 0 aromatic heterocycles. The molecule has 0 radical (unpaired) electrons. The number of carbonyl (C=O) groups is 2. The SMILES string of the molecule is C=C(C)C(=O)Oc1ccc(-c2c3c(CC)c(CC)c(=N)cc-3oc3cc(N(CC)CC)ccc23)c(C(=O)O)c1. The van der Waals surface area contributed by atoms with Crippen molar-refractivity contribution in [2.75, 3.05) is 18.0 Å². The number of carboxylic acid groups (broad SMARTS) is 1. The van der Waals surface area contributed by atoms with Gasteiger partial charge in [0, 0.05) is 53.0 Å². The van der Waals surface area contributed by atoms with E-state index in [0.717, 1.165) is 46.4 Å². The van der Waals surface area contributed by atoms with Crippen molar-refractivity contribution in [3.8, 4) is 28.2 Å². The Morgan fingerprint density at radius 3 is 2.26 bits per heavy atom. The Hall–Kier alpha value is -4.39. The third kappa shape index (κ3) is 5.04. The zero-order valence-electron chi connectivity index (χ0n) is 23.1. The van der Waals surface area contributed by atoms with Gasteiger partial charge < -0.3 is 24.6 Å². The molecule has 2 N–H and O–H groups in total. The highest BCUT2D eigenvalue weighted by Gasteiger charge is 2.26.